The van der Waals surface area contributed by atoms with Gasteiger partial charge in [0.1, 0.15) is 11.5 Å². The summed E-state index contributed by atoms with van der Waals surface area (Å²) in [4.78, 5) is 34.7. The first kappa shape index (κ1) is 20.0. The number of imide groups is 1. The summed E-state index contributed by atoms with van der Waals surface area (Å²) in [5, 5.41) is 4.50. The number of aryl methyl sites for hydroxylation is 1. The molecule has 0 radical (unpaired) electrons. The first-order valence-corrected chi connectivity index (χ1v) is 8.48. The van der Waals surface area contributed by atoms with E-state index >= 15 is 0 Å². The maximum absolute atomic E-state index is 11.6. The van der Waals surface area contributed by atoms with Crippen molar-refractivity contribution >= 4 is 17.9 Å². The molecule has 0 atom stereocenters. The summed E-state index contributed by atoms with van der Waals surface area (Å²) < 4.78 is 15.4. The van der Waals surface area contributed by atoms with E-state index in [9.17, 15) is 14.4 Å². The molecule has 2 rings (SSSR count). The second kappa shape index (κ2) is 10.6. The summed E-state index contributed by atoms with van der Waals surface area (Å²) in [6.07, 6.45) is 2.05. The zero-order valence-electron chi connectivity index (χ0n) is 15.0. The summed E-state index contributed by atoms with van der Waals surface area (Å²) in [5.41, 5.74) is 1.14. The Morgan fingerprint density at radius 3 is 2.59 bits per heavy atom. The third kappa shape index (κ3) is 8.08. The molecule has 0 saturated carbocycles. The van der Waals surface area contributed by atoms with E-state index in [1.165, 1.54) is 6.26 Å². The third-order valence-corrected chi connectivity index (χ3v) is 3.44. The van der Waals surface area contributed by atoms with E-state index in [-0.39, 0.29) is 13.0 Å². The van der Waals surface area contributed by atoms with E-state index in [1.807, 2.05) is 31.2 Å². The zero-order valence-corrected chi connectivity index (χ0v) is 15.0. The van der Waals surface area contributed by atoms with Gasteiger partial charge >= 0.3 is 12.0 Å². The van der Waals surface area contributed by atoms with Crippen LogP contribution in [0.1, 0.15) is 24.2 Å². The number of hydrogen-bond acceptors (Lipinski definition) is 6. The van der Waals surface area contributed by atoms with E-state index in [0.717, 1.165) is 11.3 Å². The van der Waals surface area contributed by atoms with Crippen LogP contribution < -0.4 is 15.4 Å². The largest absolute Gasteiger partial charge is 0.494 e. The maximum atomic E-state index is 11.6. The lowest BCUT2D eigenvalue weighted by Gasteiger charge is -2.08. The third-order valence-electron chi connectivity index (χ3n) is 3.44. The normalized spacial score (nSPS) is 10.1. The van der Waals surface area contributed by atoms with Gasteiger partial charge in [-0.25, -0.2) is 4.79 Å². The van der Waals surface area contributed by atoms with E-state index in [1.54, 1.807) is 12.1 Å². The van der Waals surface area contributed by atoms with Gasteiger partial charge in [0.05, 0.1) is 19.4 Å². The summed E-state index contributed by atoms with van der Waals surface area (Å²) in [7, 11) is 0. The number of hydrogen-bond donors (Lipinski definition) is 2. The van der Waals surface area contributed by atoms with Crippen LogP contribution in [0.3, 0.4) is 0 Å². The monoisotopic (exact) mass is 374 g/mol. The van der Waals surface area contributed by atoms with Crippen LogP contribution in [-0.2, 0) is 20.9 Å². The van der Waals surface area contributed by atoms with Crippen LogP contribution >= 0.6 is 0 Å². The lowest BCUT2D eigenvalue weighted by atomic mass is 10.2. The van der Waals surface area contributed by atoms with Crippen LogP contribution in [0.4, 0.5) is 4.79 Å². The van der Waals surface area contributed by atoms with Gasteiger partial charge in [0.2, 0.25) is 0 Å². The Kier molecular flexibility index (Phi) is 7.90. The van der Waals surface area contributed by atoms with E-state index in [4.69, 9.17) is 13.9 Å². The van der Waals surface area contributed by atoms with Gasteiger partial charge in [-0.1, -0.05) is 17.7 Å². The fraction of sp³-hybridized carbons (Fsp3) is 0.316. The van der Waals surface area contributed by atoms with Crippen molar-refractivity contribution in [1.29, 1.82) is 0 Å². The van der Waals surface area contributed by atoms with Gasteiger partial charge in [-0.15, -0.1) is 0 Å². The number of urea groups is 1. The van der Waals surface area contributed by atoms with Crippen LogP contribution in [0.5, 0.6) is 5.75 Å². The van der Waals surface area contributed by atoms with Crippen LogP contribution in [-0.4, -0.2) is 31.1 Å². The Morgan fingerprint density at radius 1 is 1.11 bits per heavy atom. The smallest absolute Gasteiger partial charge is 0.321 e. The summed E-state index contributed by atoms with van der Waals surface area (Å²) in [6.45, 7) is 1.97. The number of carbonyl (C=O) groups is 3. The molecule has 1 heterocycles. The Balaban J connectivity index is 1.53. The molecule has 2 N–H and O–H groups in total. The fourth-order valence-corrected chi connectivity index (χ4v) is 2.05. The standard InChI is InChI=1S/C19H22N2O6/c1-14-6-8-15(9-7-14)25-11-3-5-18(23)27-13-17(22)21-19(24)20-12-16-4-2-10-26-16/h2,4,6-10H,3,5,11-13H2,1H3,(H2,20,21,22,24). The summed E-state index contributed by atoms with van der Waals surface area (Å²) >= 11 is 0. The average molecular weight is 374 g/mol. The predicted octanol–water partition coefficient (Wildman–Crippen LogP) is 2.32. The first-order chi connectivity index (χ1) is 13.0. The van der Waals surface area contributed by atoms with Gasteiger partial charge in [0.15, 0.2) is 6.61 Å². The highest BCUT2D eigenvalue weighted by Gasteiger charge is 2.11. The number of benzene rings is 1. The minimum Gasteiger partial charge on any atom is -0.494 e. The topological polar surface area (TPSA) is 107 Å². The number of rotatable bonds is 9. The molecule has 8 heteroatoms. The number of amides is 3. The molecule has 27 heavy (non-hydrogen) atoms. The highest BCUT2D eigenvalue weighted by atomic mass is 16.5. The van der Waals surface area contributed by atoms with Crippen molar-refractivity contribution in [2.24, 2.45) is 0 Å². The second-order valence-corrected chi connectivity index (χ2v) is 5.74. The lowest BCUT2D eigenvalue weighted by Crippen LogP contribution is -2.41. The molecule has 0 aliphatic carbocycles. The van der Waals surface area contributed by atoms with E-state index in [0.29, 0.717) is 18.8 Å². The molecule has 0 unspecified atom stereocenters. The highest BCUT2D eigenvalue weighted by molar-refractivity contribution is 5.95. The average Bonchev–Trinajstić information content (AvgIpc) is 3.17. The first-order valence-electron chi connectivity index (χ1n) is 8.48. The van der Waals surface area contributed by atoms with E-state index < -0.39 is 24.5 Å². The molecule has 0 spiro atoms. The molecule has 0 fully saturated rings. The zero-order chi connectivity index (χ0) is 19.5. The van der Waals surface area contributed by atoms with Crippen molar-refractivity contribution in [3.63, 3.8) is 0 Å². The van der Waals surface area contributed by atoms with Crippen LogP contribution in [0.15, 0.2) is 47.1 Å². The van der Waals surface area contributed by atoms with Crippen molar-refractivity contribution in [1.82, 2.24) is 10.6 Å². The fourth-order valence-electron chi connectivity index (χ4n) is 2.05. The lowest BCUT2D eigenvalue weighted by molar-refractivity contribution is -0.148. The van der Waals surface area contributed by atoms with Crippen LogP contribution in [0.2, 0.25) is 0 Å². The molecular formula is C19H22N2O6. The Hall–Kier alpha value is -3.29. The summed E-state index contributed by atoms with van der Waals surface area (Å²) in [5.74, 6) is 0.0376. The molecule has 0 bridgehead atoms. The minimum atomic E-state index is -0.712. The van der Waals surface area contributed by atoms with Gasteiger partial charge < -0.3 is 19.2 Å². The molecular weight excluding hydrogens is 352 g/mol. The van der Waals surface area contributed by atoms with Crippen LogP contribution in [0, 0.1) is 6.92 Å². The minimum absolute atomic E-state index is 0.115. The van der Waals surface area contributed by atoms with E-state index in [2.05, 4.69) is 10.6 Å². The SMILES string of the molecule is Cc1ccc(OCCCC(=O)OCC(=O)NC(=O)NCc2ccco2)cc1. The Bertz CT molecular complexity index is 740. The number of furan rings is 1. The van der Waals surface area contributed by atoms with Crippen molar-refractivity contribution in [2.75, 3.05) is 13.2 Å². The van der Waals surface area contributed by atoms with Gasteiger partial charge in [0.25, 0.3) is 5.91 Å². The van der Waals surface area contributed by atoms with Crippen molar-refractivity contribution in [3.8, 4) is 5.75 Å². The van der Waals surface area contributed by atoms with Crippen molar-refractivity contribution < 1.29 is 28.3 Å². The molecule has 8 nitrogen and oxygen atoms in total. The number of carbonyl (C=O) groups excluding carboxylic acids is 3. The predicted molar refractivity (Wildman–Crippen MR) is 96.0 cm³/mol. The second-order valence-electron chi connectivity index (χ2n) is 5.74. The molecule has 1 aromatic heterocycles. The van der Waals surface area contributed by atoms with Gasteiger partial charge in [-0.05, 0) is 37.6 Å². The highest BCUT2D eigenvalue weighted by Crippen LogP contribution is 2.11. The number of esters is 1. The summed E-state index contributed by atoms with van der Waals surface area (Å²) in [6, 6.07) is 10.3. The molecule has 2 aromatic rings. The number of nitrogens with one attached hydrogen (secondary N) is 2. The van der Waals surface area contributed by atoms with Crippen molar-refractivity contribution in [3.05, 3.63) is 54.0 Å². The number of ether oxygens (including phenoxy) is 2. The molecule has 0 aliphatic heterocycles. The van der Waals surface area contributed by atoms with Gasteiger partial charge in [0, 0.05) is 6.42 Å². The maximum Gasteiger partial charge on any atom is 0.321 e. The molecule has 0 aliphatic rings. The molecule has 1 aromatic carbocycles. The molecule has 144 valence electrons. The van der Waals surface area contributed by atoms with Crippen LogP contribution in [0.25, 0.3) is 0 Å². The Morgan fingerprint density at radius 2 is 1.89 bits per heavy atom. The van der Waals surface area contributed by atoms with Gasteiger partial charge in [-0.2, -0.15) is 0 Å². The molecule has 0 saturated heterocycles. The van der Waals surface area contributed by atoms with Crippen molar-refractivity contribution in [2.45, 2.75) is 26.3 Å². The van der Waals surface area contributed by atoms with Gasteiger partial charge in [-0.3, -0.25) is 14.9 Å². The quantitative estimate of drug-likeness (QED) is 0.515. The molecule has 3 amide bonds. The Labute approximate surface area is 156 Å².